The number of carboxylic acid groups (broad SMARTS) is 1. The van der Waals surface area contributed by atoms with E-state index in [1.54, 1.807) is 4.52 Å². The summed E-state index contributed by atoms with van der Waals surface area (Å²) in [5.41, 5.74) is 3.58. The third kappa shape index (κ3) is 5.53. The number of hydrogen-bond acceptors (Lipinski definition) is 7. The lowest BCUT2D eigenvalue weighted by molar-refractivity contribution is -0.122. The molecule has 5 rings (SSSR count). The molecule has 0 radical (unpaired) electrons. The monoisotopic (exact) mass is 467 g/mol. The normalized spacial score (nSPS) is 24.3. The maximum absolute atomic E-state index is 10.8. The highest BCUT2D eigenvalue weighted by Crippen LogP contribution is 2.38. The number of carbonyl (C=O) groups is 1. The fourth-order valence-corrected chi connectivity index (χ4v) is 5.21. The van der Waals surface area contributed by atoms with Crippen LogP contribution in [0.5, 0.6) is 5.75 Å². The summed E-state index contributed by atoms with van der Waals surface area (Å²) < 4.78 is 8.03. The zero-order valence-corrected chi connectivity index (χ0v) is 19.7. The highest BCUT2D eigenvalue weighted by atomic mass is 16.5. The Hall–Kier alpha value is -3.04. The average Bonchev–Trinajstić information content (AvgIpc) is 3.43. The van der Waals surface area contributed by atoms with Gasteiger partial charge in [-0.05, 0) is 80.7 Å². The third-order valence-electron chi connectivity index (χ3n) is 7.12. The van der Waals surface area contributed by atoms with Gasteiger partial charge in [0.1, 0.15) is 18.2 Å². The number of aryl methyl sites for hydroxylation is 2. The van der Waals surface area contributed by atoms with Crippen molar-refractivity contribution in [2.75, 3.05) is 19.6 Å². The zero-order valence-electron chi connectivity index (χ0n) is 19.7. The van der Waals surface area contributed by atoms with Crippen molar-refractivity contribution in [1.29, 1.82) is 0 Å². The predicted molar refractivity (Wildman–Crippen MR) is 127 cm³/mol. The molecule has 4 atom stereocenters. The number of hydrogen-bond donors (Lipinski definition) is 2. The second-order valence-electron chi connectivity index (χ2n) is 9.35. The lowest BCUT2D eigenvalue weighted by Gasteiger charge is -2.35. The zero-order chi connectivity index (χ0) is 24.1. The predicted octanol–water partition coefficient (Wildman–Crippen LogP) is 2.52. The Bertz CT molecular complexity index is 1100. The Kier molecular flexibility index (Phi) is 7.74. The molecule has 182 valence electrons. The van der Waals surface area contributed by atoms with Gasteiger partial charge in [-0.1, -0.05) is 12.1 Å². The number of ether oxygens (including phenoxy) is 1. The first-order valence-electron chi connectivity index (χ1n) is 11.8. The van der Waals surface area contributed by atoms with Crippen molar-refractivity contribution in [1.82, 2.24) is 24.5 Å². The average molecular weight is 468 g/mol. The molecule has 0 unspecified atom stereocenters. The number of rotatable bonds is 6. The number of aliphatic hydroxyl groups excluding tert-OH is 1. The molecule has 2 N–H and O–H groups in total. The van der Waals surface area contributed by atoms with Crippen molar-refractivity contribution in [2.24, 2.45) is 11.8 Å². The highest BCUT2D eigenvalue weighted by molar-refractivity contribution is 5.38. The van der Waals surface area contributed by atoms with Gasteiger partial charge in [-0.3, -0.25) is 4.79 Å². The van der Waals surface area contributed by atoms with Crippen LogP contribution in [-0.2, 0) is 11.2 Å². The summed E-state index contributed by atoms with van der Waals surface area (Å²) >= 11 is 0. The summed E-state index contributed by atoms with van der Waals surface area (Å²) in [6, 6.07) is 6.15. The molecule has 1 saturated heterocycles. The summed E-state index contributed by atoms with van der Waals surface area (Å²) in [6.07, 6.45) is 8.80. The van der Waals surface area contributed by atoms with E-state index in [0.29, 0.717) is 17.6 Å². The first kappa shape index (κ1) is 24.1. The van der Waals surface area contributed by atoms with Crippen LogP contribution in [0.25, 0.3) is 5.78 Å². The van der Waals surface area contributed by atoms with E-state index in [0.717, 1.165) is 51.1 Å². The van der Waals surface area contributed by atoms with Crippen LogP contribution in [-0.4, -0.2) is 73.0 Å². The molecule has 9 nitrogen and oxygen atoms in total. The lowest BCUT2D eigenvalue weighted by Crippen LogP contribution is -2.42. The molecule has 0 amide bonds. The molecule has 1 aliphatic carbocycles. The molecule has 0 bridgehead atoms. The van der Waals surface area contributed by atoms with E-state index in [1.165, 1.54) is 23.0 Å². The van der Waals surface area contributed by atoms with Gasteiger partial charge in [0.15, 0.2) is 0 Å². The molecular weight excluding hydrogens is 434 g/mol. The summed E-state index contributed by atoms with van der Waals surface area (Å²) in [6.45, 7) is 7.20. The van der Waals surface area contributed by atoms with Crippen LogP contribution in [0, 0.1) is 25.7 Å². The van der Waals surface area contributed by atoms with Crippen LogP contribution in [0.4, 0.5) is 0 Å². The molecule has 9 heteroatoms. The molecule has 2 aliphatic rings. The van der Waals surface area contributed by atoms with Gasteiger partial charge in [-0.15, -0.1) is 0 Å². The van der Waals surface area contributed by atoms with E-state index >= 15 is 0 Å². The van der Waals surface area contributed by atoms with Gasteiger partial charge in [0.05, 0.1) is 6.10 Å². The fraction of sp³-hybridized carbons (Fsp3) is 0.520. The van der Waals surface area contributed by atoms with Gasteiger partial charge in [0, 0.05) is 25.5 Å². The summed E-state index contributed by atoms with van der Waals surface area (Å²) in [4.78, 5) is 19.4. The van der Waals surface area contributed by atoms with E-state index in [-0.39, 0.29) is 18.7 Å². The number of aromatic nitrogens is 4. The Morgan fingerprint density at radius 1 is 1.18 bits per heavy atom. The van der Waals surface area contributed by atoms with Gasteiger partial charge >= 0.3 is 0 Å². The molecule has 3 aromatic rings. The van der Waals surface area contributed by atoms with Gasteiger partial charge in [-0.25, -0.2) is 9.50 Å². The molecule has 3 heterocycles. The van der Waals surface area contributed by atoms with Crippen molar-refractivity contribution in [3.8, 4) is 5.75 Å². The molecule has 1 saturated carbocycles. The second-order valence-corrected chi connectivity index (χ2v) is 9.35. The van der Waals surface area contributed by atoms with Crippen LogP contribution in [0.1, 0.15) is 36.0 Å². The number of fused-ring (bicyclic) bond motifs is 2. The molecule has 34 heavy (non-hydrogen) atoms. The van der Waals surface area contributed by atoms with E-state index in [4.69, 9.17) is 14.6 Å². The quantitative estimate of drug-likeness (QED) is 0.532. The Labute approximate surface area is 199 Å². The van der Waals surface area contributed by atoms with E-state index < -0.39 is 0 Å². The molecule has 2 fully saturated rings. The number of benzene rings is 1. The van der Waals surface area contributed by atoms with Crippen molar-refractivity contribution >= 4 is 12.2 Å². The summed E-state index contributed by atoms with van der Waals surface area (Å²) in [5.74, 6) is 2.73. The van der Waals surface area contributed by atoms with Crippen LogP contribution in [0.3, 0.4) is 0 Å². The molecule has 1 aliphatic heterocycles. The largest absolute Gasteiger partial charge is 0.487 e. The van der Waals surface area contributed by atoms with Crippen LogP contribution < -0.4 is 4.74 Å². The summed E-state index contributed by atoms with van der Waals surface area (Å²) in [5, 5.41) is 21.8. The van der Waals surface area contributed by atoms with Gasteiger partial charge < -0.3 is 19.8 Å². The number of likely N-dealkylation sites (tertiary alicyclic amines) is 1. The van der Waals surface area contributed by atoms with Crippen LogP contribution in [0.2, 0.25) is 0 Å². The minimum Gasteiger partial charge on any atom is -0.487 e. The van der Waals surface area contributed by atoms with Crippen molar-refractivity contribution in [2.45, 2.75) is 51.7 Å². The second kappa shape index (κ2) is 10.9. The minimum atomic E-state index is -0.387. The van der Waals surface area contributed by atoms with Crippen molar-refractivity contribution in [3.63, 3.8) is 0 Å². The molecule has 0 spiro atoms. The van der Waals surface area contributed by atoms with E-state index in [1.807, 2.05) is 24.5 Å². The maximum Gasteiger partial charge on any atom is 0.290 e. The SMILES string of the molecule is Cc1cccc(O[C@@H]2C[C@@H]3CN(CCCc4cnc5ncnn5c4)C[C@@H]3C[C@H]2O)c1C.O=CO. The smallest absolute Gasteiger partial charge is 0.290 e. The van der Waals surface area contributed by atoms with Crippen LogP contribution in [0.15, 0.2) is 36.9 Å². The Morgan fingerprint density at radius 3 is 2.74 bits per heavy atom. The molecule has 2 aromatic heterocycles. The minimum absolute atomic E-state index is 0.109. The van der Waals surface area contributed by atoms with Crippen LogP contribution >= 0.6 is 0 Å². The van der Waals surface area contributed by atoms with Gasteiger partial charge in [0.2, 0.25) is 0 Å². The third-order valence-corrected chi connectivity index (χ3v) is 7.12. The number of aliphatic hydroxyl groups is 1. The van der Waals surface area contributed by atoms with Crippen molar-refractivity contribution in [3.05, 3.63) is 53.6 Å². The van der Waals surface area contributed by atoms with Gasteiger partial charge in [0.25, 0.3) is 12.2 Å². The highest BCUT2D eigenvalue weighted by Gasteiger charge is 2.42. The topological polar surface area (TPSA) is 113 Å². The first-order chi connectivity index (χ1) is 16.5. The lowest BCUT2D eigenvalue weighted by atomic mass is 9.78. The molecular formula is C25H33N5O4. The van der Waals surface area contributed by atoms with E-state index in [9.17, 15) is 5.11 Å². The fourth-order valence-electron chi connectivity index (χ4n) is 5.21. The Balaban J connectivity index is 0.000000868. The maximum atomic E-state index is 10.8. The molecule has 1 aromatic carbocycles. The van der Waals surface area contributed by atoms with Gasteiger partial charge in [-0.2, -0.15) is 10.1 Å². The van der Waals surface area contributed by atoms with E-state index in [2.05, 4.69) is 39.9 Å². The standard InChI is InChI=1S/C24H31N5O2.CH2O2/c1-16-5-3-7-22(17(16)2)31-23-10-20-14-28(13-19(20)9-21(23)30)8-4-6-18-11-25-24-26-15-27-29(24)12-18;2-1-3/h3,5,7,11-12,15,19-21,23,30H,4,6,8-10,13-14H2,1-2H3;1H,(H,2,3)/t19-,20+,21+,23+;/m0./s1. The van der Waals surface area contributed by atoms with Crippen molar-refractivity contribution < 1.29 is 19.7 Å². The first-order valence-corrected chi connectivity index (χ1v) is 11.8. The number of nitrogens with zero attached hydrogens (tertiary/aromatic N) is 5. The Morgan fingerprint density at radius 2 is 1.94 bits per heavy atom. The summed E-state index contributed by atoms with van der Waals surface area (Å²) in [7, 11) is 0.